The molecule has 0 unspecified atom stereocenters. The summed E-state index contributed by atoms with van der Waals surface area (Å²) in [6, 6.07) is 7.41. The van der Waals surface area contributed by atoms with Crippen molar-refractivity contribution < 1.29 is 23.5 Å². The molecule has 0 saturated heterocycles. The maximum atomic E-state index is 5.60. The maximum absolute atomic E-state index is 5.60. The molecule has 0 N–H and O–H groups in total. The van der Waals surface area contributed by atoms with Crippen LogP contribution in [0.1, 0.15) is 11.3 Å². The van der Waals surface area contributed by atoms with Gasteiger partial charge in [-0.25, -0.2) is 0 Å². The predicted molar refractivity (Wildman–Crippen MR) is 98.0 cm³/mol. The zero-order chi connectivity index (χ0) is 19.1. The van der Waals surface area contributed by atoms with Crippen molar-refractivity contribution in [3.63, 3.8) is 0 Å². The van der Waals surface area contributed by atoms with E-state index in [-0.39, 0.29) is 6.79 Å². The Kier molecular flexibility index (Phi) is 3.92. The van der Waals surface area contributed by atoms with Crippen molar-refractivity contribution in [1.82, 2.24) is 15.1 Å². The zero-order valence-corrected chi connectivity index (χ0v) is 15.5. The molecular weight excluding hydrogens is 364 g/mol. The van der Waals surface area contributed by atoms with Crippen LogP contribution in [0.5, 0.6) is 23.3 Å². The molecule has 0 saturated carbocycles. The van der Waals surface area contributed by atoms with Gasteiger partial charge in [-0.15, -0.1) is 0 Å². The minimum atomic E-state index is 0.235. The van der Waals surface area contributed by atoms with E-state index in [0.29, 0.717) is 43.0 Å². The molecule has 0 amide bonds. The Balaban J connectivity index is 1.49. The SMILES string of the molecule is COc1cc(OC)nc(N2CCc3onc(-c4ccc5c(c4)OCO5)c3C2)n1. The van der Waals surface area contributed by atoms with Gasteiger partial charge in [0.1, 0.15) is 11.5 Å². The highest BCUT2D eigenvalue weighted by molar-refractivity contribution is 5.68. The number of nitrogens with zero attached hydrogens (tertiary/aromatic N) is 4. The van der Waals surface area contributed by atoms with Gasteiger partial charge in [0, 0.05) is 24.1 Å². The molecule has 3 aromatic rings. The van der Waals surface area contributed by atoms with E-state index in [9.17, 15) is 0 Å². The molecule has 9 nitrogen and oxygen atoms in total. The number of hydrogen-bond donors (Lipinski definition) is 0. The molecule has 2 aliphatic heterocycles. The van der Waals surface area contributed by atoms with Crippen LogP contribution in [0.4, 0.5) is 5.95 Å². The first-order valence-corrected chi connectivity index (χ1v) is 8.84. The molecule has 144 valence electrons. The van der Waals surface area contributed by atoms with Crippen molar-refractivity contribution in [2.45, 2.75) is 13.0 Å². The second-order valence-electron chi connectivity index (χ2n) is 6.43. The molecule has 2 aliphatic rings. The summed E-state index contributed by atoms with van der Waals surface area (Å²) in [4.78, 5) is 11.0. The lowest BCUT2D eigenvalue weighted by molar-refractivity contribution is 0.174. The molecule has 0 spiro atoms. The third-order valence-corrected chi connectivity index (χ3v) is 4.84. The molecule has 4 heterocycles. The fourth-order valence-corrected chi connectivity index (χ4v) is 3.39. The average Bonchev–Trinajstić information content (AvgIpc) is 3.38. The van der Waals surface area contributed by atoms with Crippen LogP contribution in [0.25, 0.3) is 11.3 Å². The second-order valence-corrected chi connectivity index (χ2v) is 6.43. The van der Waals surface area contributed by atoms with E-state index in [1.807, 2.05) is 18.2 Å². The Hall–Kier alpha value is -3.49. The van der Waals surface area contributed by atoms with Gasteiger partial charge in [0.15, 0.2) is 11.5 Å². The fraction of sp³-hybridized carbons (Fsp3) is 0.316. The summed E-state index contributed by atoms with van der Waals surface area (Å²) in [7, 11) is 3.13. The molecule has 0 aliphatic carbocycles. The van der Waals surface area contributed by atoms with Crippen molar-refractivity contribution in [2.24, 2.45) is 0 Å². The summed E-state index contributed by atoms with van der Waals surface area (Å²) in [6.07, 6.45) is 0.704. The molecule has 0 radical (unpaired) electrons. The van der Waals surface area contributed by atoms with Crippen molar-refractivity contribution in [2.75, 3.05) is 32.5 Å². The standard InChI is InChI=1S/C19H18N4O5/c1-24-16-8-17(25-2)21-19(20-16)23-6-5-13-12(9-23)18(22-28-13)11-3-4-14-15(7-11)27-10-26-14/h3-4,7-8H,5-6,9-10H2,1-2H3. The van der Waals surface area contributed by atoms with E-state index >= 15 is 0 Å². The van der Waals surface area contributed by atoms with Crippen LogP contribution in [-0.2, 0) is 13.0 Å². The lowest BCUT2D eigenvalue weighted by Gasteiger charge is -2.26. The van der Waals surface area contributed by atoms with E-state index in [1.165, 1.54) is 0 Å². The van der Waals surface area contributed by atoms with Crippen molar-refractivity contribution in [3.05, 3.63) is 35.6 Å². The van der Waals surface area contributed by atoms with Gasteiger partial charge in [0.2, 0.25) is 24.5 Å². The molecule has 5 rings (SSSR count). The van der Waals surface area contributed by atoms with Gasteiger partial charge < -0.3 is 28.4 Å². The summed E-state index contributed by atoms with van der Waals surface area (Å²) in [5, 5.41) is 4.30. The monoisotopic (exact) mass is 382 g/mol. The highest BCUT2D eigenvalue weighted by atomic mass is 16.7. The molecule has 28 heavy (non-hydrogen) atoms. The van der Waals surface area contributed by atoms with E-state index in [1.54, 1.807) is 20.3 Å². The first-order valence-electron chi connectivity index (χ1n) is 8.84. The Morgan fingerprint density at radius 3 is 2.57 bits per heavy atom. The molecule has 2 aromatic heterocycles. The zero-order valence-electron chi connectivity index (χ0n) is 15.5. The highest BCUT2D eigenvalue weighted by Gasteiger charge is 2.28. The number of hydrogen-bond acceptors (Lipinski definition) is 9. The van der Waals surface area contributed by atoms with Gasteiger partial charge in [-0.3, -0.25) is 0 Å². The van der Waals surface area contributed by atoms with Gasteiger partial charge in [-0.2, -0.15) is 9.97 Å². The van der Waals surface area contributed by atoms with E-state index in [2.05, 4.69) is 20.0 Å². The number of aromatic nitrogens is 3. The lowest BCUT2D eigenvalue weighted by atomic mass is 10.0. The number of benzene rings is 1. The van der Waals surface area contributed by atoms with Crippen LogP contribution in [0.3, 0.4) is 0 Å². The smallest absolute Gasteiger partial charge is 0.232 e. The molecule has 9 heteroatoms. The summed E-state index contributed by atoms with van der Waals surface area (Å²) in [5.74, 6) is 3.77. The molecule has 1 aromatic carbocycles. The largest absolute Gasteiger partial charge is 0.481 e. The Bertz CT molecular complexity index is 1010. The topological polar surface area (TPSA) is 92.0 Å². The van der Waals surface area contributed by atoms with Crippen LogP contribution < -0.4 is 23.8 Å². The van der Waals surface area contributed by atoms with Crippen molar-refractivity contribution >= 4 is 5.95 Å². The number of rotatable bonds is 4. The average molecular weight is 382 g/mol. The van der Waals surface area contributed by atoms with Gasteiger partial charge in [-0.1, -0.05) is 5.16 Å². The number of fused-ring (bicyclic) bond motifs is 2. The van der Waals surface area contributed by atoms with E-state index in [0.717, 1.165) is 28.3 Å². The first kappa shape index (κ1) is 16.7. The molecule has 0 bridgehead atoms. The van der Waals surface area contributed by atoms with E-state index < -0.39 is 0 Å². The predicted octanol–water partition coefficient (Wildman–Crippen LogP) is 2.44. The molecule has 0 atom stereocenters. The number of methoxy groups -OCH3 is 2. The summed E-state index contributed by atoms with van der Waals surface area (Å²) < 4.78 is 27.0. The summed E-state index contributed by atoms with van der Waals surface area (Å²) in [5.41, 5.74) is 2.71. The molecular formula is C19H18N4O5. The Labute approximate surface area is 160 Å². The quantitative estimate of drug-likeness (QED) is 0.674. The number of ether oxygens (including phenoxy) is 4. The fourth-order valence-electron chi connectivity index (χ4n) is 3.39. The van der Waals surface area contributed by atoms with Gasteiger partial charge in [0.05, 0.1) is 26.8 Å². The Morgan fingerprint density at radius 2 is 1.79 bits per heavy atom. The van der Waals surface area contributed by atoms with Crippen LogP contribution in [-0.4, -0.2) is 42.7 Å². The molecule has 0 fully saturated rings. The third kappa shape index (κ3) is 2.75. The summed E-state index contributed by atoms with van der Waals surface area (Å²) >= 11 is 0. The maximum Gasteiger partial charge on any atom is 0.232 e. The summed E-state index contributed by atoms with van der Waals surface area (Å²) in [6.45, 7) is 1.51. The van der Waals surface area contributed by atoms with E-state index in [4.69, 9.17) is 23.5 Å². The van der Waals surface area contributed by atoms with Crippen molar-refractivity contribution in [1.29, 1.82) is 0 Å². The minimum Gasteiger partial charge on any atom is -0.481 e. The van der Waals surface area contributed by atoms with Crippen LogP contribution in [0.15, 0.2) is 28.8 Å². The van der Waals surface area contributed by atoms with Gasteiger partial charge >= 0.3 is 0 Å². The van der Waals surface area contributed by atoms with Crippen LogP contribution in [0.2, 0.25) is 0 Å². The van der Waals surface area contributed by atoms with Crippen LogP contribution in [0, 0.1) is 0 Å². The third-order valence-electron chi connectivity index (χ3n) is 4.84. The lowest BCUT2D eigenvalue weighted by Crippen LogP contribution is -2.31. The van der Waals surface area contributed by atoms with Gasteiger partial charge in [-0.05, 0) is 18.2 Å². The second kappa shape index (κ2) is 6.59. The first-order chi connectivity index (χ1) is 13.7. The minimum absolute atomic E-state index is 0.235. The van der Waals surface area contributed by atoms with Crippen molar-refractivity contribution in [3.8, 4) is 34.5 Å². The van der Waals surface area contributed by atoms with Crippen LogP contribution >= 0.6 is 0 Å². The highest BCUT2D eigenvalue weighted by Crippen LogP contribution is 2.38. The number of anilines is 1. The normalized spacial score (nSPS) is 14.7. The Morgan fingerprint density at radius 1 is 1.00 bits per heavy atom. The van der Waals surface area contributed by atoms with Gasteiger partial charge in [0.25, 0.3) is 0 Å².